The van der Waals surface area contributed by atoms with Crippen LogP contribution >= 0.6 is 0 Å². The van der Waals surface area contributed by atoms with Gasteiger partial charge in [-0.2, -0.15) is 0 Å². The average Bonchev–Trinajstić information content (AvgIpc) is 3.41. The highest BCUT2D eigenvalue weighted by molar-refractivity contribution is 7.92. The fourth-order valence-corrected chi connectivity index (χ4v) is 4.63. The quantitative estimate of drug-likeness (QED) is 0.481. The molecule has 0 saturated carbocycles. The van der Waals surface area contributed by atoms with Crippen LogP contribution in [0.2, 0.25) is 0 Å². The Bertz CT molecular complexity index is 1320. The van der Waals surface area contributed by atoms with Crippen LogP contribution in [0.4, 0.5) is 5.69 Å². The van der Waals surface area contributed by atoms with Crippen molar-refractivity contribution in [2.45, 2.75) is 30.8 Å². The summed E-state index contributed by atoms with van der Waals surface area (Å²) in [4.78, 5) is 42.7. The van der Waals surface area contributed by atoms with E-state index in [0.717, 1.165) is 12.8 Å². The third-order valence-corrected chi connectivity index (χ3v) is 6.60. The maximum Gasteiger partial charge on any atom is 0.338 e. The van der Waals surface area contributed by atoms with E-state index in [1.165, 1.54) is 49.4 Å². The van der Waals surface area contributed by atoms with E-state index in [4.69, 9.17) is 4.74 Å². The number of anilines is 1. The fourth-order valence-electron chi connectivity index (χ4n) is 3.54. The molecule has 1 atom stereocenters. The second-order valence-corrected chi connectivity index (χ2v) is 9.23. The first-order valence-electron chi connectivity index (χ1n) is 10.1. The molecule has 1 aromatic heterocycles. The van der Waals surface area contributed by atoms with Gasteiger partial charge in [-0.3, -0.25) is 9.52 Å². The van der Waals surface area contributed by atoms with Crippen LogP contribution in [0.15, 0.2) is 52.2 Å². The number of H-pyrrole nitrogens is 2. The summed E-state index contributed by atoms with van der Waals surface area (Å²) in [5, 5.41) is 0. The number of amides is 1. The zero-order valence-electron chi connectivity index (χ0n) is 17.3. The molecular weight excluding hydrogens is 436 g/mol. The number of rotatable bonds is 6. The minimum absolute atomic E-state index is 0.0296. The average molecular weight is 458 g/mol. The molecule has 0 radical (unpaired) electrons. The normalized spacial score (nSPS) is 15.0. The van der Waals surface area contributed by atoms with Crippen molar-refractivity contribution >= 4 is 38.6 Å². The number of nitrogens with zero attached hydrogens (tertiary/aromatic N) is 1. The molecule has 11 heteroatoms. The number of carbonyl (C=O) groups excluding carboxylic acids is 2. The number of fused-ring (bicyclic) bond motifs is 1. The van der Waals surface area contributed by atoms with Gasteiger partial charge in [0.05, 0.1) is 21.5 Å². The smallest absolute Gasteiger partial charge is 0.338 e. The maximum absolute atomic E-state index is 12.7. The summed E-state index contributed by atoms with van der Waals surface area (Å²) in [6, 6.07) is 9.90. The zero-order valence-corrected chi connectivity index (χ0v) is 18.1. The Morgan fingerprint density at radius 2 is 1.69 bits per heavy atom. The minimum atomic E-state index is -3.92. The standard InChI is InChI=1S/C21H22N4O6S/c1-13(19(26)25-10-2-3-11-25)31-20(27)14-4-6-15(7-5-14)24-32(29,30)16-8-9-17-18(12-16)23-21(28)22-17/h4-9,12-13,24H,2-3,10-11H2,1H3,(H2,22,23,28). The molecule has 10 nitrogen and oxygen atoms in total. The summed E-state index contributed by atoms with van der Waals surface area (Å²) < 4.78 is 33.0. The Kier molecular flexibility index (Phi) is 5.74. The van der Waals surface area contributed by atoms with E-state index in [0.29, 0.717) is 24.1 Å². The molecule has 168 valence electrons. The number of hydrogen-bond acceptors (Lipinski definition) is 6. The van der Waals surface area contributed by atoms with E-state index in [-0.39, 0.29) is 22.1 Å². The van der Waals surface area contributed by atoms with Crippen molar-refractivity contribution in [2.24, 2.45) is 0 Å². The van der Waals surface area contributed by atoms with Gasteiger partial charge in [0.1, 0.15) is 0 Å². The van der Waals surface area contributed by atoms with Gasteiger partial charge in [0.25, 0.3) is 15.9 Å². The number of aromatic nitrogens is 2. The number of hydrogen-bond donors (Lipinski definition) is 3. The van der Waals surface area contributed by atoms with Crippen LogP contribution in [0, 0.1) is 0 Å². The highest BCUT2D eigenvalue weighted by atomic mass is 32.2. The van der Waals surface area contributed by atoms with Crippen LogP contribution in [0.25, 0.3) is 11.0 Å². The van der Waals surface area contributed by atoms with Gasteiger partial charge < -0.3 is 19.6 Å². The molecule has 0 aliphatic carbocycles. The number of aromatic amines is 2. The van der Waals surface area contributed by atoms with Gasteiger partial charge in [-0.25, -0.2) is 18.0 Å². The Morgan fingerprint density at radius 1 is 1.03 bits per heavy atom. The molecule has 3 N–H and O–H groups in total. The van der Waals surface area contributed by atoms with E-state index in [9.17, 15) is 22.8 Å². The van der Waals surface area contributed by atoms with Gasteiger partial charge in [0.15, 0.2) is 6.10 Å². The molecule has 0 bridgehead atoms. The molecule has 1 unspecified atom stereocenters. The van der Waals surface area contributed by atoms with E-state index in [1.54, 1.807) is 4.90 Å². The van der Waals surface area contributed by atoms with Crippen molar-refractivity contribution in [2.75, 3.05) is 17.8 Å². The predicted octanol–water partition coefficient (Wildman–Crippen LogP) is 1.82. The van der Waals surface area contributed by atoms with Crippen molar-refractivity contribution in [1.82, 2.24) is 14.9 Å². The van der Waals surface area contributed by atoms with Crippen LogP contribution in [0.5, 0.6) is 0 Å². The molecule has 2 aromatic carbocycles. The fraction of sp³-hybridized carbons (Fsp3) is 0.286. The molecule has 3 aromatic rings. The molecule has 1 aliphatic rings. The van der Waals surface area contributed by atoms with Crippen LogP contribution < -0.4 is 10.4 Å². The van der Waals surface area contributed by atoms with Gasteiger partial charge in [0.2, 0.25) is 0 Å². The number of esters is 1. The number of carbonyl (C=O) groups is 2. The molecule has 0 spiro atoms. The van der Waals surface area contributed by atoms with Crippen LogP contribution in [0.3, 0.4) is 0 Å². The largest absolute Gasteiger partial charge is 0.449 e. The Hall–Kier alpha value is -3.60. The number of imidazole rings is 1. The second kappa shape index (κ2) is 8.50. The molecule has 1 aliphatic heterocycles. The van der Waals surface area contributed by atoms with Crippen molar-refractivity contribution in [3.8, 4) is 0 Å². The van der Waals surface area contributed by atoms with Crippen LogP contribution in [0.1, 0.15) is 30.1 Å². The first-order chi connectivity index (χ1) is 15.2. The van der Waals surface area contributed by atoms with E-state index in [2.05, 4.69) is 14.7 Å². The number of likely N-dealkylation sites (tertiary alicyclic amines) is 1. The Balaban J connectivity index is 1.42. The van der Waals surface area contributed by atoms with Crippen LogP contribution in [-0.2, 0) is 19.6 Å². The number of benzene rings is 2. The molecule has 1 saturated heterocycles. The van der Waals surface area contributed by atoms with Crippen molar-refractivity contribution in [1.29, 1.82) is 0 Å². The first-order valence-corrected chi connectivity index (χ1v) is 11.6. The lowest BCUT2D eigenvalue weighted by Gasteiger charge is -2.20. The van der Waals surface area contributed by atoms with Gasteiger partial charge in [-0.15, -0.1) is 0 Å². The predicted molar refractivity (Wildman–Crippen MR) is 117 cm³/mol. The summed E-state index contributed by atoms with van der Waals surface area (Å²) in [5.41, 5.74) is 0.870. The molecular formula is C21H22N4O6S. The highest BCUT2D eigenvalue weighted by Crippen LogP contribution is 2.20. The van der Waals surface area contributed by atoms with E-state index < -0.39 is 27.8 Å². The molecule has 1 amide bonds. The highest BCUT2D eigenvalue weighted by Gasteiger charge is 2.26. The van der Waals surface area contributed by atoms with Crippen molar-refractivity contribution in [3.63, 3.8) is 0 Å². The van der Waals surface area contributed by atoms with Gasteiger partial charge in [0, 0.05) is 18.8 Å². The lowest BCUT2D eigenvalue weighted by atomic mass is 10.2. The molecule has 2 heterocycles. The Morgan fingerprint density at radius 3 is 2.38 bits per heavy atom. The monoisotopic (exact) mass is 458 g/mol. The topological polar surface area (TPSA) is 141 Å². The lowest BCUT2D eigenvalue weighted by molar-refractivity contribution is -0.138. The summed E-state index contributed by atoms with van der Waals surface area (Å²) in [7, 11) is -3.92. The summed E-state index contributed by atoms with van der Waals surface area (Å²) >= 11 is 0. The Labute approximate surface area is 183 Å². The molecule has 32 heavy (non-hydrogen) atoms. The minimum Gasteiger partial charge on any atom is -0.449 e. The van der Waals surface area contributed by atoms with Crippen molar-refractivity contribution in [3.05, 3.63) is 58.5 Å². The first kappa shape index (κ1) is 21.6. The summed E-state index contributed by atoms with van der Waals surface area (Å²) in [6.45, 7) is 2.88. The van der Waals surface area contributed by atoms with Crippen LogP contribution in [-0.4, -0.2) is 54.4 Å². The second-order valence-electron chi connectivity index (χ2n) is 7.55. The summed E-state index contributed by atoms with van der Waals surface area (Å²) in [6.07, 6.45) is 0.996. The molecule has 4 rings (SSSR count). The van der Waals surface area contributed by atoms with Gasteiger partial charge in [-0.05, 0) is 62.2 Å². The number of sulfonamides is 1. The maximum atomic E-state index is 12.7. The number of nitrogens with one attached hydrogen (secondary N) is 3. The SMILES string of the molecule is CC(OC(=O)c1ccc(NS(=O)(=O)c2ccc3[nH]c(=O)[nH]c3c2)cc1)C(=O)N1CCCC1. The molecule has 1 fully saturated rings. The lowest BCUT2D eigenvalue weighted by Crippen LogP contribution is -2.38. The van der Waals surface area contributed by atoms with Gasteiger partial charge in [-0.1, -0.05) is 0 Å². The number of ether oxygens (including phenoxy) is 1. The van der Waals surface area contributed by atoms with Gasteiger partial charge >= 0.3 is 11.7 Å². The zero-order chi connectivity index (χ0) is 22.9. The van der Waals surface area contributed by atoms with E-state index >= 15 is 0 Å². The third-order valence-electron chi connectivity index (χ3n) is 5.22. The third kappa shape index (κ3) is 4.52. The van der Waals surface area contributed by atoms with E-state index in [1.807, 2.05) is 0 Å². The van der Waals surface area contributed by atoms with Crippen molar-refractivity contribution < 1.29 is 22.7 Å². The summed E-state index contributed by atoms with van der Waals surface area (Å²) in [5.74, 6) is -0.887.